The van der Waals surface area contributed by atoms with Gasteiger partial charge in [0.2, 0.25) is 0 Å². The van der Waals surface area contributed by atoms with Crippen LogP contribution in [0.25, 0.3) is 0 Å². The molecule has 0 saturated carbocycles. The Hall–Kier alpha value is -1.07. The van der Waals surface area contributed by atoms with Crippen LogP contribution in [0.5, 0.6) is 0 Å². The number of hydrogen-bond donors (Lipinski definition) is 0. The average molecular weight is 673 g/mol. The molecule has 0 aliphatic carbocycles. The summed E-state index contributed by atoms with van der Waals surface area (Å²) in [5.41, 5.74) is 6.46. The zero-order chi connectivity index (χ0) is 24.0. The van der Waals surface area contributed by atoms with Crippen molar-refractivity contribution in [2.45, 2.75) is 39.3 Å². The molecule has 0 spiro atoms. The van der Waals surface area contributed by atoms with Crippen LogP contribution in [0.4, 0.5) is 0 Å². The van der Waals surface area contributed by atoms with E-state index in [-0.39, 0.29) is 66.0 Å². The van der Waals surface area contributed by atoms with Crippen LogP contribution < -0.4 is 0 Å². The van der Waals surface area contributed by atoms with Crippen molar-refractivity contribution in [2.24, 2.45) is 0 Å². The van der Waals surface area contributed by atoms with E-state index in [4.69, 9.17) is 0 Å². The Morgan fingerprint density at radius 1 is 0.361 bits per heavy atom. The van der Waals surface area contributed by atoms with E-state index in [0.717, 1.165) is 0 Å². The Morgan fingerprint density at radius 3 is 0.611 bits per heavy atom. The molecular weight excluding hydrogens is 651 g/mol. The molecule has 0 unspecified atom stereocenters. The fraction of sp³-hybridized carbons (Fsp3) is 0.200. The first-order valence-electron chi connectivity index (χ1n) is 9.56. The van der Waals surface area contributed by atoms with Gasteiger partial charge in [-0.3, -0.25) is 0 Å². The van der Waals surface area contributed by atoms with Crippen molar-refractivity contribution in [3.05, 3.63) is 121 Å². The summed E-state index contributed by atoms with van der Waals surface area (Å²) in [5, 5.41) is 0. The first-order chi connectivity index (χ1) is 15.2. The molecule has 0 N–H and O–H groups in total. The molecule has 0 nitrogen and oxygen atoms in total. The van der Waals surface area contributed by atoms with E-state index in [2.05, 4.69) is 159 Å². The molecule has 0 aromatic heterocycles. The molecule has 4 aromatic carbocycles. The maximum atomic E-state index is 3.23. The van der Waals surface area contributed by atoms with Gasteiger partial charge in [0.05, 0.1) is 0 Å². The van der Waals surface area contributed by atoms with Gasteiger partial charge in [0.1, 0.15) is 16.1 Å². The van der Waals surface area contributed by atoms with E-state index >= 15 is 0 Å². The van der Waals surface area contributed by atoms with Crippen molar-refractivity contribution >= 4 is 16.1 Å². The van der Waals surface area contributed by atoms with Crippen molar-refractivity contribution in [3.8, 4) is 22.9 Å². The minimum absolute atomic E-state index is 0. The van der Waals surface area contributed by atoms with Gasteiger partial charge in [0.15, 0.2) is 0 Å². The van der Waals surface area contributed by atoms with Crippen molar-refractivity contribution < 1.29 is 66.0 Å². The normalized spacial score (nSPS) is 8.06. The van der Waals surface area contributed by atoms with Crippen LogP contribution in [0.2, 0.25) is 39.3 Å². The largest absolute Gasteiger partial charge is 0.999 e. The van der Waals surface area contributed by atoms with Gasteiger partial charge >= 0.3 is 0 Å². The first kappa shape index (κ1) is 44.9. The van der Waals surface area contributed by atoms with E-state index < -0.39 is 16.1 Å². The fourth-order valence-corrected chi connectivity index (χ4v) is 2.03. The van der Waals surface area contributed by atoms with Crippen molar-refractivity contribution in [3.63, 3.8) is 0 Å². The van der Waals surface area contributed by atoms with Crippen LogP contribution in [-0.2, 0) is 66.0 Å². The van der Waals surface area contributed by atoms with Crippen molar-refractivity contribution in [1.82, 2.24) is 0 Å². The van der Waals surface area contributed by atoms with Gasteiger partial charge < -0.3 is 121 Å². The minimum atomic E-state index is -1.20. The molecule has 0 amide bonds. The van der Waals surface area contributed by atoms with Gasteiger partial charge in [0.25, 0.3) is 0 Å². The third kappa shape index (κ3) is 43.0. The second kappa shape index (κ2) is 30.2. The van der Waals surface area contributed by atoms with Crippen LogP contribution in [-0.4, -0.2) is 16.1 Å². The molecule has 0 aliphatic heterocycles. The summed E-state index contributed by atoms with van der Waals surface area (Å²) in [7, 11) is -2.40. The van der Waals surface area contributed by atoms with Gasteiger partial charge in [-0.15, -0.1) is 11.1 Å². The smallest absolute Gasteiger partial charge is 0.130 e. The molecule has 4 rings (SSSR count). The molecule has 0 saturated heterocycles. The predicted octanol–water partition coefficient (Wildman–Crippen LogP) is 5.16. The fourth-order valence-electron chi connectivity index (χ4n) is 1.16. The molecule has 210 valence electrons. The number of hydrogen-bond acceptors (Lipinski definition) is 0. The Labute approximate surface area is 263 Å². The molecule has 0 fully saturated rings. The molecule has 36 heavy (non-hydrogen) atoms. The maximum absolute atomic E-state index is 3.23. The third-order valence-electron chi connectivity index (χ3n) is 2.34. The topological polar surface area (TPSA) is 0 Å². The molecule has 0 radical (unpaired) electrons. The Bertz CT molecular complexity index is 733. The molecule has 6 heteroatoms. The Balaban J connectivity index is -0.000000114. The molecule has 0 heterocycles. The third-order valence-corrected chi connectivity index (χ3v) is 4.09. The standard InChI is InChI=1S/C10H18Si2.4C5H.4Ni/c1-11(2,3)9-7-8-10-12(4,5)6;4*1-2-4-5-3-1;;;;/h1-6H3;4*1H;;;;/q;4*-5;;;;. The van der Waals surface area contributed by atoms with E-state index in [0.29, 0.717) is 0 Å². The summed E-state index contributed by atoms with van der Waals surface area (Å²) < 4.78 is 0. The SMILES string of the molecule is C[Si](C)(C)C#CC#C[Si](C)(C)C.[Ni].[Ni].[Ni].[Ni].[c-]1[c-][c-][cH-][c-]1.[c-]1[c-][c-][cH-][c-]1.[c-]1[c-][c-][cH-][c-]1.[c-]1[c-][c-][cH-][c-]1. The van der Waals surface area contributed by atoms with Gasteiger partial charge in [-0.25, -0.2) is 0 Å². The maximum Gasteiger partial charge on any atom is 0.130 e. The summed E-state index contributed by atoms with van der Waals surface area (Å²) >= 11 is 0. The first-order valence-corrected chi connectivity index (χ1v) is 16.6. The van der Waals surface area contributed by atoms with E-state index in [1.807, 2.05) is 0 Å². The van der Waals surface area contributed by atoms with Gasteiger partial charge in [-0.05, 0) is 11.8 Å². The Kier molecular flexibility index (Phi) is 37.6. The molecule has 0 atom stereocenters. The van der Waals surface area contributed by atoms with Crippen LogP contribution in [0.1, 0.15) is 0 Å². The van der Waals surface area contributed by atoms with Gasteiger partial charge in [-0.2, -0.15) is 0 Å². The minimum Gasteiger partial charge on any atom is -0.999 e. The Morgan fingerprint density at radius 2 is 0.528 bits per heavy atom. The second-order valence-electron chi connectivity index (χ2n) is 7.73. The summed E-state index contributed by atoms with van der Waals surface area (Å²) in [6.07, 6.45) is 0. The summed E-state index contributed by atoms with van der Waals surface area (Å²) in [5.74, 6) is 5.93. The van der Waals surface area contributed by atoms with Gasteiger partial charge in [-0.1, -0.05) is 39.3 Å². The molecule has 0 bridgehead atoms. The molecular formula is C30H22Ni4Si2-20. The van der Waals surface area contributed by atoms with Crippen LogP contribution in [0.15, 0.2) is 24.3 Å². The van der Waals surface area contributed by atoms with Crippen LogP contribution in [0, 0.1) is 120 Å². The van der Waals surface area contributed by atoms with Crippen LogP contribution >= 0.6 is 0 Å². The second-order valence-corrected chi connectivity index (χ2v) is 17.2. The molecule has 4 aromatic rings. The zero-order valence-corrected chi connectivity index (χ0v) is 26.5. The van der Waals surface area contributed by atoms with Crippen LogP contribution in [0.3, 0.4) is 0 Å². The molecule has 0 aliphatic rings. The van der Waals surface area contributed by atoms with Gasteiger partial charge in [0, 0.05) is 66.0 Å². The van der Waals surface area contributed by atoms with Crippen molar-refractivity contribution in [1.29, 1.82) is 0 Å². The summed E-state index contributed by atoms with van der Waals surface area (Å²) in [4.78, 5) is 0. The van der Waals surface area contributed by atoms with Crippen molar-refractivity contribution in [2.75, 3.05) is 0 Å². The van der Waals surface area contributed by atoms with E-state index in [1.165, 1.54) is 0 Å². The summed E-state index contributed by atoms with van der Waals surface area (Å²) in [6.45, 7) is 13.4. The number of rotatable bonds is 0. The monoisotopic (exact) mass is 670 g/mol. The summed E-state index contributed by atoms with van der Waals surface area (Å²) in [6, 6.07) is 48.0. The quantitative estimate of drug-likeness (QED) is 0.138. The van der Waals surface area contributed by atoms with E-state index in [9.17, 15) is 0 Å². The van der Waals surface area contributed by atoms with E-state index in [1.54, 1.807) is 24.3 Å². The predicted molar refractivity (Wildman–Crippen MR) is 132 cm³/mol. The zero-order valence-electron chi connectivity index (χ0n) is 20.6. The average Bonchev–Trinajstić information content (AvgIpc) is 3.58.